The number of benzene rings is 2. The molecule has 0 aromatic heterocycles. The van der Waals surface area contributed by atoms with Gasteiger partial charge in [0.15, 0.2) is 5.88 Å². The predicted octanol–water partition coefficient (Wildman–Crippen LogP) is 3.25. The third-order valence-electron chi connectivity index (χ3n) is 7.12. The first kappa shape index (κ1) is 19.5. The maximum Gasteiger partial charge on any atom is 0.193 e. The van der Waals surface area contributed by atoms with Gasteiger partial charge in [0.1, 0.15) is 0 Å². The maximum absolute atomic E-state index is 11.2. The van der Waals surface area contributed by atoms with Gasteiger partial charge in [-0.05, 0) is 75.1 Å². The Balaban J connectivity index is 1.84. The van der Waals surface area contributed by atoms with Gasteiger partial charge in [0.05, 0.1) is 17.7 Å². The Hall–Kier alpha value is -2.77. The summed E-state index contributed by atoms with van der Waals surface area (Å²) in [6, 6.07) is 16.7. The van der Waals surface area contributed by atoms with Crippen LogP contribution in [0.1, 0.15) is 55.3 Å². The van der Waals surface area contributed by atoms with Crippen LogP contribution >= 0.6 is 0 Å². The van der Waals surface area contributed by atoms with E-state index in [9.17, 15) is 10.4 Å². The van der Waals surface area contributed by atoms with Crippen molar-refractivity contribution in [3.05, 3.63) is 69.6 Å². The summed E-state index contributed by atoms with van der Waals surface area (Å²) >= 11 is 0. The molecule has 1 atom stereocenters. The number of aliphatic hydroxyl groups is 1. The number of likely N-dealkylation sites (N-methyl/N-ethyl adjacent to an activating group) is 1. The van der Waals surface area contributed by atoms with E-state index < -0.39 is 0 Å². The Bertz CT molecular complexity index is 1060. The SMILES string of the molecule is CC=c1cccc(C)c1=C(O)NC(c1ccc(C#N)cc1)C12CCC(CC1)N2C. The molecule has 0 spiro atoms. The summed E-state index contributed by atoms with van der Waals surface area (Å²) in [6.45, 7) is 4.02. The normalized spacial score (nSPS) is 26.3. The van der Waals surface area contributed by atoms with Crippen molar-refractivity contribution in [2.24, 2.45) is 0 Å². The molecule has 0 radical (unpaired) electrons. The number of hydrogen-bond acceptors (Lipinski definition) is 4. The van der Waals surface area contributed by atoms with Crippen LogP contribution in [0.5, 0.6) is 0 Å². The fourth-order valence-electron chi connectivity index (χ4n) is 5.44. The molecule has 0 aliphatic carbocycles. The van der Waals surface area contributed by atoms with Crippen molar-refractivity contribution in [3.63, 3.8) is 0 Å². The summed E-state index contributed by atoms with van der Waals surface area (Å²) < 4.78 is 0. The average molecular weight is 388 g/mol. The molecule has 2 saturated heterocycles. The molecular formula is C25H29N3O. The van der Waals surface area contributed by atoms with Gasteiger partial charge in [0, 0.05) is 16.8 Å². The van der Waals surface area contributed by atoms with Crippen LogP contribution in [0.25, 0.3) is 12.0 Å². The summed E-state index contributed by atoms with van der Waals surface area (Å²) in [5.74, 6) is 0.226. The van der Waals surface area contributed by atoms with Gasteiger partial charge < -0.3 is 10.4 Å². The lowest BCUT2D eigenvalue weighted by atomic mass is 9.78. The van der Waals surface area contributed by atoms with E-state index in [0.29, 0.717) is 11.6 Å². The Labute approximate surface area is 172 Å². The molecule has 2 bridgehead atoms. The largest absolute Gasteiger partial charge is 0.494 e. The highest BCUT2D eigenvalue weighted by Gasteiger charge is 2.54. The number of rotatable bonds is 4. The van der Waals surface area contributed by atoms with Crippen molar-refractivity contribution < 1.29 is 5.11 Å². The lowest BCUT2D eigenvalue weighted by Crippen LogP contribution is -2.50. The molecule has 2 fully saturated rings. The summed E-state index contributed by atoms with van der Waals surface area (Å²) in [5, 5.41) is 25.8. The van der Waals surface area contributed by atoms with E-state index in [0.717, 1.165) is 34.4 Å². The third kappa shape index (κ3) is 3.20. The highest BCUT2D eigenvalue weighted by molar-refractivity contribution is 5.43. The number of fused-ring (bicyclic) bond motifs is 2. The molecule has 150 valence electrons. The molecule has 2 N–H and O–H groups in total. The number of hydrogen-bond donors (Lipinski definition) is 2. The van der Waals surface area contributed by atoms with Crippen molar-refractivity contribution in [1.29, 1.82) is 5.26 Å². The number of aliphatic hydroxyl groups excluding tert-OH is 1. The van der Waals surface area contributed by atoms with Crippen LogP contribution in [0.3, 0.4) is 0 Å². The first-order valence-corrected chi connectivity index (χ1v) is 10.4. The minimum absolute atomic E-state index is 0.0222. The summed E-state index contributed by atoms with van der Waals surface area (Å²) in [5.41, 5.74) is 2.79. The molecule has 2 aliphatic heterocycles. The lowest BCUT2D eigenvalue weighted by Gasteiger charge is -2.41. The van der Waals surface area contributed by atoms with E-state index in [-0.39, 0.29) is 17.5 Å². The standard InChI is InChI=1S/C25H29N3O/c1-4-19-7-5-6-17(2)22(19)24(29)27-23(20-10-8-18(16-26)9-11-20)25-14-12-21(13-15-25)28(25)3/h4-11,21,23,27,29H,12-15H2,1-3H3. The summed E-state index contributed by atoms with van der Waals surface area (Å²) in [7, 11) is 2.22. The monoisotopic (exact) mass is 387 g/mol. The van der Waals surface area contributed by atoms with E-state index in [1.165, 1.54) is 12.8 Å². The predicted molar refractivity (Wildman–Crippen MR) is 116 cm³/mol. The zero-order chi connectivity index (χ0) is 20.6. The van der Waals surface area contributed by atoms with Gasteiger partial charge in [0.25, 0.3) is 0 Å². The summed E-state index contributed by atoms with van der Waals surface area (Å²) in [6.07, 6.45) is 6.65. The molecular weight excluding hydrogens is 358 g/mol. The van der Waals surface area contributed by atoms with Crippen LogP contribution in [-0.4, -0.2) is 28.6 Å². The number of nitriles is 1. The molecule has 0 saturated carbocycles. The minimum atomic E-state index is -0.0444. The van der Waals surface area contributed by atoms with Crippen LogP contribution in [-0.2, 0) is 0 Å². The van der Waals surface area contributed by atoms with Gasteiger partial charge in [-0.25, -0.2) is 0 Å². The highest BCUT2D eigenvalue weighted by atomic mass is 16.3. The molecule has 2 aliphatic rings. The Morgan fingerprint density at radius 2 is 1.93 bits per heavy atom. The van der Waals surface area contributed by atoms with Gasteiger partial charge in [0.2, 0.25) is 0 Å². The Morgan fingerprint density at radius 1 is 1.24 bits per heavy atom. The van der Waals surface area contributed by atoms with Gasteiger partial charge in [-0.2, -0.15) is 5.26 Å². The third-order valence-corrected chi connectivity index (χ3v) is 7.12. The maximum atomic E-state index is 11.2. The topological polar surface area (TPSA) is 59.3 Å². The van der Waals surface area contributed by atoms with Gasteiger partial charge in [-0.3, -0.25) is 4.90 Å². The molecule has 4 heteroatoms. The van der Waals surface area contributed by atoms with Crippen molar-refractivity contribution >= 4 is 12.0 Å². The second kappa shape index (κ2) is 7.57. The fraction of sp³-hybridized carbons (Fsp3) is 0.400. The van der Waals surface area contributed by atoms with Crippen molar-refractivity contribution in [2.75, 3.05) is 7.05 Å². The molecule has 2 aromatic carbocycles. The Kier molecular flexibility index (Phi) is 5.10. The second-order valence-electron chi connectivity index (χ2n) is 8.43. The first-order chi connectivity index (χ1) is 14.0. The smallest absolute Gasteiger partial charge is 0.193 e. The number of nitrogens with one attached hydrogen (secondary N) is 1. The van der Waals surface area contributed by atoms with Gasteiger partial charge in [-0.15, -0.1) is 0 Å². The molecule has 0 amide bonds. The van der Waals surface area contributed by atoms with Crippen LogP contribution in [0.2, 0.25) is 0 Å². The number of aryl methyl sites for hydroxylation is 1. The molecule has 2 aromatic rings. The van der Waals surface area contributed by atoms with Gasteiger partial charge in [-0.1, -0.05) is 36.4 Å². The highest BCUT2D eigenvalue weighted by Crippen LogP contribution is 2.51. The average Bonchev–Trinajstić information content (AvgIpc) is 3.24. The van der Waals surface area contributed by atoms with Crippen LogP contribution in [0.4, 0.5) is 0 Å². The molecule has 29 heavy (non-hydrogen) atoms. The van der Waals surface area contributed by atoms with Gasteiger partial charge >= 0.3 is 0 Å². The molecule has 4 nitrogen and oxygen atoms in total. The van der Waals surface area contributed by atoms with E-state index in [1.807, 2.05) is 62.4 Å². The van der Waals surface area contributed by atoms with Crippen molar-refractivity contribution in [2.45, 2.75) is 57.2 Å². The summed E-state index contributed by atoms with van der Waals surface area (Å²) in [4.78, 5) is 2.51. The van der Waals surface area contributed by atoms with Crippen molar-refractivity contribution in [1.82, 2.24) is 10.2 Å². The second-order valence-corrected chi connectivity index (χ2v) is 8.43. The zero-order valence-electron chi connectivity index (χ0n) is 17.4. The van der Waals surface area contributed by atoms with E-state index in [4.69, 9.17) is 0 Å². The van der Waals surface area contributed by atoms with Crippen LogP contribution < -0.4 is 15.8 Å². The van der Waals surface area contributed by atoms with Crippen LogP contribution in [0.15, 0.2) is 42.5 Å². The fourth-order valence-corrected chi connectivity index (χ4v) is 5.44. The lowest BCUT2D eigenvalue weighted by molar-refractivity contribution is 0.140. The molecule has 4 rings (SSSR count). The minimum Gasteiger partial charge on any atom is -0.494 e. The van der Waals surface area contributed by atoms with Crippen molar-refractivity contribution in [3.8, 4) is 6.07 Å². The Morgan fingerprint density at radius 3 is 2.48 bits per heavy atom. The van der Waals surface area contributed by atoms with E-state index >= 15 is 0 Å². The van der Waals surface area contributed by atoms with E-state index in [1.54, 1.807) is 0 Å². The van der Waals surface area contributed by atoms with Crippen LogP contribution in [0, 0.1) is 18.3 Å². The first-order valence-electron chi connectivity index (χ1n) is 10.4. The zero-order valence-corrected chi connectivity index (χ0v) is 17.4. The number of nitrogens with zero attached hydrogens (tertiary/aromatic N) is 2. The molecule has 2 heterocycles. The quantitative estimate of drug-likeness (QED) is 0.846. The van der Waals surface area contributed by atoms with E-state index in [2.05, 4.69) is 23.3 Å². The molecule has 1 unspecified atom stereocenters.